The summed E-state index contributed by atoms with van der Waals surface area (Å²) in [5, 5.41) is 0.559. The lowest BCUT2D eigenvalue weighted by molar-refractivity contribution is 0.581. The number of nitrogen functional groups attached to an aromatic ring is 1. The van der Waals surface area contributed by atoms with E-state index in [0.717, 1.165) is 5.56 Å². The molecule has 0 heterocycles. The molecule has 2 aromatic carbocycles. The maximum Gasteiger partial charge on any atom is 0.242 e. The SMILES string of the molecule is Nc1ccc(Br)cc1S(=O)(=O)NCc1cccc(Cl)c1. The summed E-state index contributed by atoms with van der Waals surface area (Å²) in [7, 11) is -3.67. The standard InChI is InChI=1S/C13H12BrClN2O2S/c14-10-4-5-12(16)13(7-10)20(18,19)17-8-9-2-1-3-11(15)6-9/h1-7,17H,8,16H2. The van der Waals surface area contributed by atoms with Gasteiger partial charge in [0.15, 0.2) is 0 Å². The van der Waals surface area contributed by atoms with Crippen LogP contribution in [0.5, 0.6) is 0 Å². The van der Waals surface area contributed by atoms with Crippen LogP contribution in [0.4, 0.5) is 5.69 Å². The predicted octanol–water partition coefficient (Wildman–Crippen LogP) is 3.16. The normalized spacial score (nSPS) is 11.5. The molecule has 0 saturated heterocycles. The van der Waals surface area contributed by atoms with Crippen molar-refractivity contribution in [3.05, 3.63) is 57.5 Å². The zero-order valence-corrected chi connectivity index (χ0v) is 13.5. The minimum atomic E-state index is -3.67. The Morgan fingerprint density at radius 1 is 1.20 bits per heavy atom. The van der Waals surface area contributed by atoms with Crippen LogP contribution in [0.2, 0.25) is 5.02 Å². The van der Waals surface area contributed by atoms with Crippen LogP contribution in [-0.2, 0) is 16.6 Å². The molecule has 0 aromatic heterocycles. The minimum Gasteiger partial charge on any atom is -0.398 e. The molecule has 0 aliphatic heterocycles. The molecule has 0 radical (unpaired) electrons. The molecule has 0 aliphatic rings. The number of sulfonamides is 1. The number of anilines is 1. The molecule has 0 amide bonds. The van der Waals surface area contributed by atoms with Crippen LogP contribution in [0.15, 0.2) is 51.8 Å². The van der Waals surface area contributed by atoms with Gasteiger partial charge in [-0.2, -0.15) is 0 Å². The number of nitrogens with two attached hydrogens (primary N) is 1. The number of benzene rings is 2. The zero-order valence-electron chi connectivity index (χ0n) is 10.3. The van der Waals surface area contributed by atoms with Crippen molar-refractivity contribution in [2.75, 3.05) is 5.73 Å². The molecular formula is C13H12BrClN2O2S. The van der Waals surface area contributed by atoms with E-state index in [1.54, 1.807) is 30.3 Å². The van der Waals surface area contributed by atoms with Crippen LogP contribution in [0.3, 0.4) is 0 Å². The van der Waals surface area contributed by atoms with Crippen molar-refractivity contribution in [3.8, 4) is 0 Å². The fourth-order valence-electron chi connectivity index (χ4n) is 1.64. The number of halogens is 2. The van der Waals surface area contributed by atoms with Gasteiger partial charge in [0, 0.05) is 16.0 Å². The summed E-state index contributed by atoms with van der Waals surface area (Å²) in [4.78, 5) is 0.0499. The highest BCUT2D eigenvalue weighted by Crippen LogP contribution is 2.23. The molecule has 0 spiro atoms. The Morgan fingerprint density at radius 2 is 1.95 bits per heavy atom. The minimum absolute atomic E-state index is 0.0499. The maximum atomic E-state index is 12.2. The Kier molecular flexibility index (Phi) is 4.70. The van der Waals surface area contributed by atoms with Crippen molar-refractivity contribution in [1.82, 2.24) is 4.72 Å². The fraction of sp³-hybridized carbons (Fsp3) is 0.0769. The van der Waals surface area contributed by atoms with Crippen LogP contribution < -0.4 is 10.5 Å². The molecule has 2 aromatic rings. The average molecular weight is 376 g/mol. The van der Waals surface area contributed by atoms with Crippen molar-refractivity contribution in [3.63, 3.8) is 0 Å². The molecule has 0 aliphatic carbocycles. The van der Waals surface area contributed by atoms with E-state index in [1.165, 1.54) is 12.1 Å². The lowest BCUT2D eigenvalue weighted by Crippen LogP contribution is -2.24. The quantitative estimate of drug-likeness (QED) is 0.806. The van der Waals surface area contributed by atoms with Gasteiger partial charge in [-0.15, -0.1) is 0 Å². The second kappa shape index (κ2) is 6.13. The second-order valence-corrected chi connectivity index (χ2v) is 7.22. The van der Waals surface area contributed by atoms with Gasteiger partial charge in [0.25, 0.3) is 0 Å². The molecule has 0 fully saturated rings. The summed E-state index contributed by atoms with van der Waals surface area (Å²) in [6.07, 6.45) is 0. The van der Waals surface area contributed by atoms with Crippen LogP contribution in [0.25, 0.3) is 0 Å². The molecule has 0 saturated carbocycles. The van der Waals surface area contributed by atoms with Crippen molar-refractivity contribution in [2.24, 2.45) is 0 Å². The van der Waals surface area contributed by atoms with Crippen molar-refractivity contribution in [2.45, 2.75) is 11.4 Å². The maximum absolute atomic E-state index is 12.2. The van der Waals surface area contributed by atoms with Gasteiger partial charge in [-0.25, -0.2) is 13.1 Å². The first-order valence-electron chi connectivity index (χ1n) is 5.67. The van der Waals surface area contributed by atoms with Crippen LogP contribution in [0.1, 0.15) is 5.56 Å². The van der Waals surface area contributed by atoms with Gasteiger partial charge in [-0.3, -0.25) is 0 Å². The highest BCUT2D eigenvalue weighted by Gasteiger charge is 2.17. The lowest BCUT2D eigenvalue weighted by Gasteiger charge is -2.09. The van der Waals surface area contributed by atoms with Crippen LogP contribution in [-0.4, -0.2) is 8.42 Å². The topological polar surface area (TPSA) is 72.2 Å². The number of rotatable bonds is 4. The van der Waals surface area contributed by atoms with Gasteiger partial charge in [-0.1, -0.05) is 39.7 Å². The third-order valence-corrected chi connectivity index (χ3v) is 4.81. The molecule has 0 unspecified atom stereocenters. The monoisotopic (exact) mass is 374 g/mol. The Hall–Kier alpha value is -1.08. The summed E-state index contributed by atoms with van der Waals surface area (Å²) < 4.78 is 27.6. The molecule has 3 N–H and O–H groups in total. The van der Waals surface area contributed by atoms with Gasteiger partial charge >= 0.3 is 0 Å². The Bertz CT molecular complexity index is 735. The fourth-order valence-corrected chi connectivity index (χ4v) is 3.54. The van der Waals surface area contributed by atoms with Crippen LogP contribution >= 0.6 is 27.5 Å². The van der Waals surface area contributed by atoms with Crippen molar-refractivity contribution >= 4 is 43.2 Å². The van der Waals surface area contributed by atoms with Gasteiger partial charge in [-0.05, 0) is 35.9 Å². The summed E-state index contributed by atoms with van der Waals surface area (Å²) in [6, 6.07) is 11.7. The summed E-state index contributed by atoms with van der Waals surface area (Å²) in [6.45, 7) is 0.148. The van der Waals surface area contributed by atoms with Gasteiger partial charge in [0.2, 0.25) is 10.0 Å². The predicted molar refractivity (Wildman–Crippen MR) is 84.0 cm³/mol. The van der Waals surface area contributed by atoms with E-state index in [0.29, 0.717) is 9.50 Å². The van der Waals surface area contributed by atoms with Crippen molar-refractivity contribution in [1.29, 1.82) is 0 Å². The lowest BCUT2D eigenvalue weighted by atomic mass is 10.2. The van der Waals surface area contributed by atoms with Gasteiger partial charge in [0.1, 0.15) is 4.90 Å². The van der Waals surface area contributed by atoms with E-state index in [4.69, 9.17) is 17.3 Å². The Labute approximate surface area is 131 Å². The highest BCUT2D eigenvalue weighted by molar-refractivity contribution is 9.10. The first kappa shape index (κ1) is 15.3. The van der Waals surface area contributed by atoms with E-state index in [-0.39, 0.29) is 17.1 Å². The number of hydrogen-bond acceptors (Lipinski definition) is 3. The summed E-state index contributed by atoms with van der Waals surface area (Å²) in [5.74, 6) is 0. The molecular weight excluding hydrogens is 364 g/mol. The summed E-state index contributed by atoms with van der Waals surface area (Å²) in [5.41, 5.74) is 6.68. The third-order valence-electron chi connectivity index (χ3n) is 2.62. The molecule has 2 rings (SSSR count). The second-order valence-electron chi connectivity index (χ2n) is 4.14. The number of nitrogens with one attached hydrogen (secondary N) is 1. The van der Waals surface area contributed by atoms with Crippen molar-refractivity contribution < 1.29 is 8.42 Å². The first-order valence-corrected chi connectivity index (χ1v) is 8.33. The van der Waals surface area contributed by atoms with Gasteiger partial charge in [0.05, 0.1) is 5.69 Å². The molecule has 7 heteroatoms. The molecule has 106 valence electrons. The van der Waals surface area contributed by atoms with E-state index in [1.807, 2.05) is 0 Å². The van der Waals surface area contributed by atoms with Gasteiger partial charge < -0.3 is 5.73 Å². The van der Waals surface area contributed by atoms with Crippen LogP contribution in [0, 0.1) is 0 Å². The van der Waals surface area contributed by atoms with E-state index in [2.05, 4.69) is 20.7 Å². The Morgan fingerprint density at radius 3 is 2.65 bits per heavy atom. The van der Waals surface area contributed by atoms with E-state index < -0.39 is 10.0 Å². The smallest absolute Gasteiger partial charge is 0.242 e. The highest BCUT2D eigenvalue weighted by atomic mass is 79.9. The Balaban J connectivity index is 2.21. The molecule has 20 heavy (non-hydrogen) atoms. The van der Waals surface area contributed by atoms with E-state index in [9.17, 15) is 8.42 Å². The zero-order chi connectivity index (χ0) is 14.8. The summed E-state index contributed by atoms with van der Waals surface area (Å²) >= 11 is 9.08. The largest absolute Gasteiger partial charge is 0.398 e. The molecule has 4 nitrogen and oxygen atoms in total. The third kappa shape index (κ3) is 3.73. The number of hydrogen-bond donors (Lipinski definition) is 2. The average Bonchev–Trinajstić information content (AvgIpc) is 2.39. The van der Waals surface area contributed by atoms with E-state index >= 15 is 0 Å². The first-order chi connectivity index (χ1) is 9.38. The molecule has 0 atom stereocenters. The molecule has 0 bridgehead atoms.